The predicted molar refractivity (Wildman–Crippen MR) is 98.6 cm³/mol. The first-order valence-corrected chi connectivity index (χ1v) is 8.38. The van der Waals surface area contributed by atoms with Crippen molar-refractivity contribution in [3.8, 4) is 5.75 Å². The third kappa shape index (κ3) is 5.54. The first kappa shape index (κ1) is 18.4. The first-order chi connectivity index (χ1) is 13.1. The highest BCUT2D eigenvalue weighted by Crippen LogP contribution is 2.20. The molecule has 138 valence electrons. The molecule has 0 radical (unpaired) electrons. The van der Waals surface area contributed by atoms with Gasteiger partial charge >= 0.3 is 5.97 Å². The summed E-state index contributed by atoms with van der Waals surface area (Å²) in [6.45, 7) is -0.463. The van der Waals surface area contributed by atoms with Crippen LogP contribution in [0.3, 0.4) is 0 Å². The van der Waals surface area contributed by atoms with Gasteiger partial charge in [-0.3, -0.25) is 4.79 Å². The second-order valence-electron chi connectivity index (χ2n) is 5.86. The van der Waals surface area contributed by atoms with Crippen molar-refractivity contribution in [2.75, 3.05) is 13.2 Å². The molecule has 0 fully saturated rings. The summed E-state index contributed by atoms with van der Waals surface area (Å²) < 4.78 is 23.1. The summed E-state index contributed by atoms with van der Waals surface area (Å²) in [4.78, 5) is 23.4. The molecule has 0 saturated carbocycles. The summed E-state index contributed by atoms with van der Waals surface area (Å²) in [7, 11) is 0. The molecule has 3 aromatic rings. The van der Waals surface area contributed by atoms with E-state index in [-0.39, 0.29) is 19.0 Å². The summed E-state index contributed by atoms with van der Waals surface area (Å²) in [6.07, 6.45) is 0. The van der Waals surface area contributed by atoms with Gasteiger partial charge in [-0.25, -0.2) is 9.18 Å². The number of halogens is 1. The van der Waals surface area contributed by atoms with Crippen LogP contribution in [0.2, 0.25) is 0 Å². The lowest BCUT2D eigenvalue weighted by molar-refractivity contribution is -0.150. The Kier molecular flexibility index (Phi) is 5.99. The van der Waals surface area contributed by atoms with Crippen LogP contribution in [0.25, 0.3) is 10.8 Å². The van der Waals surface area contributed by atoms with Crippen LogP contribution < -0.4 is 10.1 Å². The molecule has 0 spiro atoms. The highest BCUT2D eigenvalue weighted by atomic mass is 19.1. The molecule has 5 nitrogen and oxygen atoms in total. The number of rotatable bonds is 7. The fraction of sp³-hybridized carbons (Fsp3) is 0.143. The number of nitrogens with one attached hydrogen (secondary N) is 1. The summed E-state index contributed by atoms with van der Waals surface area (Å²) in [5, 5.41) is 4.67. The van der Waals surface area contributed by atoms with Crippen molar-refractivity contribution in [3.63, 3.8) is 0 Å². The van der Waals surface area contributed by atoms with Gasteiger partial charge in [-0.15, -0.1) is 0 Å². The van der Waals surface area contributed by atoms with Gasteiger partial charge in [0.25, 0.3) is 5.91 Å². The Bertz CT molecular complexity index is 940. The molecule has 1 N–H and O–H groups in total. The van der Waals surface area contributed by atoms with Gasteiger partial charge in [-0.1, -0.05) is 42.5 Å². The van der Waals surface area contributed by atoms with Gasteiger partial charge in [0.1, 0.15) is 11.6 Å². The zero-order valence-electron chi connectivity index (χ0n) is 14.5. The molecule has 1 amide bonds. The third-order valence-electron chi connectivity index (χ3n) is 3.84. The van der Waals surface area contributed by atoms with E-state index in [9.17, 15) is 14.0 Å². The van der Waals surface area contributed by atoms with E-state index >= 15 is 0 Å². The van der Waals surface area contributed by atoms with Gasteiger partial charge < -0.3 is 14.8 Å². The highest BCUT2D eigenvalue weighted by Gasteiger charge is 2.09. The van der Waals surface area contributed by atoms with Crippen LogP contribution in [0.5, 0.6) is 5.75 Å². The van der Waals surface area contributed by atoms with Crippen molar-refractivity contribution in [3.05, 3.63) is 78.1 Å². The Hall–Kier alpha value is -3.41. The molecule has 27 heavy (non-hydrogen) atoms. The summed E-state index contributed by atoms with van der Waals surface area (Å²) in [6, 6.07) is 19.1. The number of carbonyl (C=O) groups is 2. The molecule has 0 aliphatic rings. The minimum Gasteiger partial charge on any atom is -0.482 e. The van der Waals surface area contributed by atoms with Crippen molar-refractivity contribution < 1.29 is 23.5 Å². The molecular weight excluding hydrogens is 349 g/mol. The van der Waals surface area contributed by atoms with Crippen molar-refractivity contribution in [2.24, 2.45) is 0 Å². The van der Waals surface area contributed by atoms with Crippen LogP contribution in [-0.4, -0.2) is 25.1 Å². The smallest absolute Gasteiger partial charge is 0.344 e. The van der Waals surface area contributed by atoms with Gasteiger partial charge in [0, 0.05) is 6.54 Å². The number of esters is 1. The molecular formula is C21H18FNO4. The summed E-state index contributed by atoms with van der Waals surface area (Å²) >= 11 is 0. The second kappa shape index (κ2) is 8.80. The number of benzene rings is 3. The van der Waals surface area contributed by atoms with E-state index in [0.717, 1.165) is 16.3 Å². The van der Waals surface area contributed by atoms with E-state index in [4.69, 9.17) is 9.47 Å². The number of hydrogen-bond acceptors (Lipinski definition) is 4. The lowest BCUT2D eigenvalue weighted by atomic mass is 10.1. The zero-order valence-corrected chi connectivity index (χ0v) is 14.5. The maximum absolute atomic E-state index is 12.8. The number of amides is 1. The van der Waals surface area contributed by atoms with Crippen LogP contribution in [0.15, 0.2) is 66.7 Å². The minimum absolute atomic E-state index is 0.226. The summed E-state index contributed by atoms with van der Waals surface area (Å²) in [5.41, 5.74) is 0.746. The lowest BCUT2D eigenvalue weighted by Crippen LogP contribution is -2.29. The van der Waals surface area contributed by atoms with Crippen LogP contribution >= 0.6 is 0 Å². The average molecular weight is 367 g/mol. The van der Waals surface area contributed by atoms with Gasteiger partial charge in [0.2, 0.25) is 0 Å². The molecule has 0 aromatic heterocycles. The fourth-order valence-electron chi connectivity index (χ4n) is 2.44. The second-order valence-corrected chi connectivity index (χ2v) is 5.86. The van der Waals surface area contributed by atoms with Crippen LogP contribution in [0.1, 0.15) is 5.56 Å². The van der Waals surface area contributed by atoms with Gasteiger partial charge in [0.15, 0.2) is 13.2 Å². The number of hydrogen-bond donors (Lipinski definition) is 1. The van der Waals surface area contributed by atoms with Crippen LogP contribution in [0, 0.1) is 5.82 Å². The molecule has 0 aliphatic carbocycles. The number of carbonyl (C=O) groups excluding carboxylic acids is 2. The van der Waals surface area contributed by atoms with E-state index in [0.29, 0.717) is 5.75 Å². The van der Waals surface area contributed by atoms with Crippen LogP contribution in [-0.2, 0) is 20.9 Å². The highest BCUT2D eigenvalue weighted by molar-refractivity contribution is 5.84. The predicted octanol–water partition coefficient (Wildman–Crippen LogP) is 3.22. The van der Waals surface area contributed by atoms with Crippen molar-refractivity contribution in [2.45, 2.75) is 6.54 Å². The van der Waals surface area contributed by atoms with E-state index in [1.54, 1.807) is 18.2 Å². The molecule has 0 saturated heterocycles. The maximum atomic E-state index is 12.8. The largest absolute Gasteiger partial charge is 0.482 e. The molecule has 0 unspecified atom stereocenters. The van der Waals surface area contributed by atoms with Gasteiger partial charge in [0.05, 0.1) is 0 Å². The Morgan fingerprint density at radius 3 is 2.41 bits per heavy atom. The number of fused-ring (bicyclic) bond motifs is 1. The molecule has 0 bridgehead atoms. The standard InChI is InChI=1S/C21H18FNO4/c22-18-8-5-15(6-9-18)12-23-20(24)13-27-21(25)14-26-19-10-7-16-3-1-2-4-17(16)11-19/h1-11H,12-14H2,(H,23,24). The quantitative estimate of drug-likeness (QED) is 0.651. The SMILES string of the molecule is O=C(COC(=O)COc1ccc2ccccc2c1)NCc1ccc(F)cc1. The molecule has 3 rings (SSSR count). The minimum atomic E-state index is -0.639. The topological polar surface area (TPSA) is 64.6 Å². The van der Waals surface area contributed by atoms with Crippen LogP contribution in [0.4, 0.5) is 4.39 Å². The zero-order chi connectivity index (χ0) is 19.1. The Labute approximate surface area is 155 Å². The van der Waals surface area contributed by atoms with E-state index in [1.165, 1.54) is 12.1 Å². The monoisotopic (exact) mass is 367 g/mol. The normalized spacial score (nSPS) is 10.4. The molecule has 6 heteroatoms. The molecule has 3 aromatic carbocycles. The first-order valence-electron chi connectivity index (χ1n) is 8.38. The molecule has 0 heterocycles. The molecule has 0 aliphatic heterocycles. The Morgan fingerprint density at radius 1 is 0.889 bits per heavy atom. The van der Waals surface area contributed by atoms with Crippen molar-refractivity contribution >= 4 is 22.6 Å². The van der Waals surface area contributed by atoms with Crippen molar-refractivity contribution in [1.82, 2.24) is 5.32 Å². The van der Waals surface area contributed by atoms with Gasteiger partial charge in [-0.05, 0) is 40.6 Å². The lowest BCUT2D eigenvalue weighted by Gasteiger charge is -2.08. The van der Waals surface area contributed by atoms with E-state index in [2.05, 4.69) is 5.32 Å². The number of ether oxygens (including phenoxy) is 2. The fourth-order valence-corrected chi connectivity index (χ4v) is 2.44. The van der Waals surface area contributed by atoms with E-state index in [1.807, 2.05) is 36.4 Å². The van der Waals surface area contributed by atoms with Crippen molar-refractivity contribution in [1.29, 1.82) is 0 Å². The van der Waals surface area contributed by atoms with Gasteiger partial charge in [-0.2, -0.15) is 0 Å². The summed E-state index contributed by atoms with van der Waals surface area (Å²) in [5.74, 6) is -0.879. The maximum Gasteiger partial charge on any atom is 0.344 e. The third-order valence-corrected chi connectivity index (χ3v) is 3.84. The average Bonchev–Trinajstić information content (AvgIpc) is 2.70. The van der Waals surface area contributed by atoms with E-state index < -0.39 is 18.5 Å². The Balaban J connectivity index is 1.39. The Morgan fingerprint density at radius 2 is 1.63 bits per heavy atom. The molecule has 0 atom stereocenters.